The lowest BCUT2D eigenvalue weighted by Gasteiger charge is -2.00. The first-order chi connectivity index (χ1) is 9.78. The minimum absolute atomic E-state index is 0.153. The molecule has 3 rings (SSSR count). The van der Waals surface area contributed by atoms with Crippen LogP contribution in [-0.2, 0) is 13.0 Å². The van der Waals surface area contributed by atoms with Gasteiger partial charge in [-0.05, 0) is 30.7 Å². The molecule has 0 unspecified atom stereocenters. The summed E-state index contributed by atoms with van der Waals surface area (Å²) in [5.41, 5.74) is 2.43. The van der Waals surface area contributed by atoms with E-state index in [1.54, 1.807) is 18.5 Å². The zero-order valence-corrected chi connectivity index (χ0v) is 11.1. The van der Waals surface area contributed by atoms with Crippen LogP contribution in [0.2, 0.25) is 0 Å². The summed E-state index contributed by atoms with van der Waals surface area (Å²) in [6.45, 7) is 2.42. The normalized spacial score (nSPS) is 10.8. The fraction of sp³-hybridized carbons (Fsp3) is 0.200. The number of fused-ring (bicyclic) bond motifs is 1. The van der Waals surface area contributed by atoms with Crippen molar-refractivity contribution >= 4 is 16.8 Å². The van der Waals surface area contributed by atoms with Crippen LogP contribution in [0.25, 0.3) is 10.9 Å². The molecule has 0 saturated heterocycles. The second-order valence-electron chi connectivity index (χ2n) is 4.52. The van der Waals surface area contributed by atoms with Gasteiger partial charge in [-0.15, -0.1) is 0 Å². The van der Waals surface area contributed by atoms with Gasteiger partial charge < -0.3 is 14.7 Å². The van der Waals surface area contributed by atoms with Crippen molar-refractivity contribution in [2.24, 2.45) is 0 Å². The Morgan fingerprint density at radius 3 is 3.10 bits per heavy atom. The minimum Gasteiger partial charge on any atom is -0.467 e. The number of aromatic amines is 1. The van der Waals surface area contributed by atoms with E-state index < -0.39 is 0 Å². The van der Waals surface area contributed by atoms with E-state index in [0.717, 1.165) is 28.8 Å². The van der Waals surface area contributed by atoms with Gasteiger partial charge in [-0.25, -0.2) is 0 Å². The molecule has 3 aromatic rings. The highest BCUT2D eigenvalue weighted by Crippen LogP contribution is 2.18. The minimum atomic E-state index is -0.153. The lowest BCUT2D eigenvalue weighted by atomic mass is 10.2. The summed E-state index contributed by atoms with van der Waals surface area (Å²) in [6, 6.07) is 7.36. The topological polar surface area (TPSA) is 70.9 Å². The lowest BCUT2D eigenvalue weighted by molar-refractivity contribution is 0.0944. The molecule has 5 nitrogen and oxygen atoms in total. The van der Waals surface area contributed by atoms with Crippen LogP contribution in [0.5, 0.6) is 0 Å². The number of H-pyrrole nitrogens is 1. The Bertz CT molecular complexity index is 729. The van der Waals surface area contributed by atoms with Crippen molar-refractivity contribution < 1.29 is 9.21 Å². The third kappa shape index (κ3) is 2.30. The molecule has 3 heterocycles. The number of aryl methyl sites for hydroxylation is 1. The number of rotatable bonds is 4. The first-order valence-electron chi connectivity index (χ1n) is 6.55. The predicted molar refractivity (Wildman–Crippen MR) is 75.3 cm³/mol. The van der Waals surface area contributed by atoms with Crippen molar-refractivity contribution in [1.29, 1.82) is 0 Å². The van der Waals surface area contributed by atoms with Crippen LogP contribution in [-0.4, -0.2) is 15.9 Å². The molecule has 0 fully saturated rings. The SMILES string of the molecule is CCc1nccc2cc(C(=O)NCc3ccco3)[nH]c12. The Labute approximate surface area is 116 Å². The van der Waals surface area contributed by atoms with Crippen LogP contribution in [0.1, 0.15) is 28.9 Å². The van der Waals surface area contributed by atoms with Crippen molar-refractivity contribution in [3.63, 3.8) is 0 Å². The molecule has 2 N–H and O–H groups in total. The number of hydrogen-bond acceptors (Lipinski definition) is 3. The molecule has 0 aromatic carbocycles. The van der Waals surface area contributed by atoms with Crippen molar-refractivity contribution in [3.8, 4) is 0 Å². The smallest absolute Gasteiger partial charge is 0.268 e. The van der Waals surface area contributed by atoms with E-state index in [1.165, 1.54) is 0 Å². The molecule has 0 bridgehead atoms. The standard InChI is InChI=1S/C15H15N3O2/c1-2-12-14-10(5-6-16-12)8-13(18-14)15(19)17-9-11-4-3-7-20-11/h3-8,18H,2,9H2,1H3,(H,17,19). The molecule has 0 atom stereocenters. The van der Waals surface area contributed by atoms with Crippen LogP contribution in [0.15, 0.2) is 41.1 Å². The number of furan rings is 1. The molecule has 0 saturated carbocycles. The number of nitrogens with one attached hydrogen (secondary N) is 2. The van der Waals surface area contributed by atoms with Gasteiger partial charge in [-0.1, -0.05) is 6.92 Å². The second kappa shape index (κ2) is 5.21. The molecule has 3 aromatic heterocycles. The molecule has 0 radical (unpaired) electrons. The van der Waals surface area contributed by atoms with Gasteiger partial charge in [0.1, 0.15) is 11.5 Å². The highest BCUT2D eigenvalue weighted by molar-refractivity contribution is 5.98. The molecule has 0 aliphatic rings. The summed E-state index contributed by atoms with van der Waals surface area (Å²) < 4.78 is 5.18. The predicted octanol–water partition coefficient (Wildman–Crippen LogP) is 2.65. The molecule has 0 aliphatic carbocycles. The maximum Gasteiger partial charge on any atom is 0.268 e. The average molecular weight is 269 g/mol. The lowest BCUT2D eigenvalue weighted by Crippen LogP contribution is -2.22. The first-order valence-corrected chi connectivity index (χ1v) is 6.55. The number of carbonyl (C=O) groups excluding carboxylic acids is 1. The van der Waals surface area contributed by atoms with Gasteiger partial charge in [0.2, 0.25) is 0 Å². The third-order valence-corrected chi connectivity index (χ3v) is 3.20. The molecule has 102 valence electrons. The summed E-state index contributed by atoms with van der Waals surface area (Å²) >= 11 is 0. The van der Waals surface area contributed by atoms with Crippen LogP contribution in [0.4, 0.5) is 0 Å². The summed E-state index contributed by atoms with van der Waals surface area (Å²) in [7, 11) is 0. The zero-order chi connectivity index (χ0) is 13.9. The number of amides is 1. The molecule has 0 spiro atoms. The van der Waals surface area contributed by atoms with Gasteiger partial charge in [-0.3, -0.25) is 9.78 Å². The fourth-order valence-electron chi connectivity index (χ4n) is 2.18. The summed E-state index contributed by atoms with van der Waals surface area (Å²) in [5.74, 6) is 0.574. The highest BCUT2D eigenvalue weighted by atomic mass is 16.3. The second-order valence-corrected chi connectivity index (χ2v) is 4.52. The average Bonchev–Trinajstić information content (AvgIpc) is 3.12. The van der Waals surface area contributed by atoms with Gasteiger partial charge >= 0.3 is 0 Å². The number of nitrogens with zero attached hydrogens (tertiary/aromatic N) is 1. The van der Waals surface area contributed by atoms with Gasteiger partial charge in [0.05, 0.1) is 24.0 Å². The maximum absolute atomic E-state index is 12.1. The highest BCUT2D eigenvalue weighted by Gasteiger charge is 2.11. The Hall–Kier alpha value is -2.56. The van der Waals surface area contributed by atoms with Gasteiger partial charge in [0.25, 0.3) is 5.91 Å². The van der Waals surface area contributed by atoms with E-state index in [2.05, 4.69) is 15.3 Å². The summed E-state index contributed by atoms with van der Waals surface area (Å²) in [5, 5.41) is 3.82. The monoisotopic (exact) mass is 269 g/mol. The van der Waals surface area contributed by atoms with Crippen LogP contribution >= 0.6 is 0 Å². The zero-order valence-electron chi connectivity index (χ0n) is 11.1. The third-order valence-electron chi connectivity index (χ3n) is 3.20. The largest absolute Gasteiger partial charge is 0.467 e. The van der Waals surface area contributed by atoms with Crippen molar-refractivity contribution in [2.75, 3.05) is 0 Å². The number of aromatic nitrogens is 2. The van der Waals surface area contributed by atoms with E-state index >= 15 is 0 Å². The first kappa shape index (κ1) is 12.5. The van der Waals surface area contributed by atoms with Gasteiger partial charge in [0, 0.05) is 11.6 Å². The quantitative estimate of drug-likeness (QED) is 0.765. The van der Waals surface area contributed by atoms with E-state index in [0.29, 0.717) is 12.2 Å². The van der Waals surface area contributed by atoms with Crippen LogP contribution < -0.4 is 5.32 Å². The Morgan fingerprint density at radius 1 is 1.45 bits per heavy atom. The van der Waals surface area contributed by atoms with Crippen molar-refractivity contribution in [2.45, 2.75) is 19.9 Å². The summed E-state index contributed by atoms with van der Waals surface area (Å²) in [4.78, 5) is 19.6. The number of carbonyl (C=O) groups is 1. The van der Waals surface area contributed by atoms with Crippen LogP contribution in [0, 0.1) is 0 Å². The number of hydrogen-bond donors (Lipinski definition) is 2. The molecule has 20 heavy (non-hydrogen) atoms. The Morgan fingerprint density at radius 2 is 2.35 bits per heavy atom. The Kier molecular flexibility index (Phi) is 3.25. The molecular weight excluding hydrogens is 254 g/mol. The fourth-order valence-corrected chi connectivity index (χ4v) is 2.18. The van der Waals surface area contributed by atoms with Crippen molar-refractivity contribution in [1.82, 2.24) is 15.3 Å². The van der Waals surface area contributed by atoms with E-state index in [9.17, 15) is 4.79 Å². The van der Waals surface area contributed by atoms with Crippen molar-refractivity contribution in [3.05, 3.63) is 53.9 Å². The van der Waals surface area contributed by atoms with Gasteiger partial charge in [-0.2, -0.15) is 0 Å². The van der Waals surface area contributed by atoms with E-state index in [-0.39, 0.29) is 5.91 Å². The molecule has 5 heteroatoms. The van der Waals surface area contributed by atoms with E-state index in [4.69, 9.17) is 4.42 Å². The van der Waals surface area contributed by atoms with Crippen LogP contribution in [0.3, 0.4) is 0 Å². The molecule has 1 amide bonds. The van der Waals surface area contributed by atoms with E-state index in [1.807, 2.05) is 25.1 Å². The summed E-state index contributed by atoms with van der Waals surface area (Å²) in [6.07, 6.45) is 4.18. The molecule has 0 aliphatic heterocycles. The van der Waals surface area contributed by atoms with Gasteiger partial charge in [0.15, 0.2) is 0 Å². The Balaban J connectivity index is 1.81. The molecular formula is C15H15N3O2. The maximum atomic E-state index is 12.1. The number of pyridine rings is 1.